The Morgan fingerprint density at radius 2 is 1.57 bits per heavy atom. The Labute approximate surface area is 167 Å². The van der Waals surface area contributed by atoms with Crippen molar-refractivity contribution in [1.82, 2.24) is 10.6 Å². The maximum Gasteiger partial charge on any atom is 0.401 e. The second-order valence-corrected chi connectivity index (χ2v) is 6.73. The van der Waals surface area contributed by atoms with Gasteiger partial charge in [0.05, 0.1) is 12.3 Å². The summed E-state index contributed by atoms with van der Waals surface area (Å²) in [5, 5.41) is 4.77. The predicted molar refractivity (Wildman–Crippen MR) is 108 cm³/mol. The molecule has 1 heterocycles. The maximum atomic E-state index is 11.0. The zero-order chi connectivity index (χ0) is 20.7. The summed E-state index contributed by atoms with van der Waals surface area (Å²) in [5.74, 6) is 3.70. The van der Waals surface area contributed by atoms with Crippen LogP contribution < -0.4 is 15.4 Å². The number of hydrogen-bond acceptors (Lipinski definition) is 4. The monoisotopic (exact) mass is 414 g/mol. The molecule has 0 spiro atoms. The highest BCUT2D eigenvalue weighted by Gasteiger charge is 2.24. The Kier molecular flexibility index (Phi) is 11.8. The van der Waals surface area contributed by atoms with Crippen molar-refractivity contribution in [3.05, 3.63) is 60.7 Å². The van der Waals surface area contributed by atoms with E-state index in [9.17, 15) is 18.0 Å². The molecule has 0 atom stereocenters. The number of ether oxygens (including phenoxy) is 1. The van der Waals surface area contributed by atoms with Crippen molar-refractivity contribution in [3.8, 4) is 11.5 Å². The van der Waals surface area contributed by atoms with Gasteiger partial charge in [0, 0.05) is 6.54 Å². The van der Waals surface area contributed by atoms with Crippen LogP contribution in [0.3, 0.4) is 0 Å². The van der Waals surface area contributed by atoms with Crippen LogP contribution in [-0.4, -0.2) is 43.7 Å². The summed E-state index contributed by atoms with van der Waals surface area (Å²) in [6, 6.07) is 19.5. The predicted octanol–water partition coefficient (Wildman–Crippen LogP) is 4.49. The highest BCUT2D eigenvalue weighted by Crippen LogP contribution is 2.19. The molecule has 1 aliphatic heterocycles. The van der Waals surface area contributed by atoms with E-state index in [2.05, 4.69) is 5.32 Å². The van der Waals surface area contributed by atoms with Crippen molar-refractivity contribution in [2.45, 2.75) is 12.6 Å². The summed E-state index contributed by atoms with van der Waals surface area (Å²) < 4.78 is 38.6. The van der Waals surface area contributed by atoms with Crippen molar-refractivity contribution >= 4 is 17.7 Å². The van der Waals surface area contributed by atoms with E-state index in [-0.39, 0.29) is 5.91 Å². The normalized spacial score (nSPS) is 13.6. The SMILES string of the molecule is CNCC(F)(F)F.O=C1CSCCCN1.c1ccc(Oc2ccccc2)cc1. The number of amides is 1. The van der Waals surface area contributed by atoms with Gasteiger partial charge in [-0.05, 0) is 43.5 Å². The standard InChI is InChI=1S/C12H10O.C5H9NOS.C3H6F3N/c1-3-7-11(8-4-1)13-12-9-5-2-6-10-12;7-5-4-8-3-1-2-6-5;1-7-2-3(4,5)6/h1-10H;1-4H2,(H,6,7);7H,2H2,1H3. The average molecular weight is 414 g/mol. The minimum atomic E-state index is -4.06. The molecule has 1 amide bonds. The van der Waals surface area contributed by atoms with Gasteiger partial charge in [-0.3, -0.25) is 4.79 Å². The highest BCUT2D eigenvalue weighted by molar-refractivity contribution is 7.99. The number of thioether (sulfide) groups is 1. The first-order valence-corrected chi connectivity index (χ1v) is 9.90. The van der Waals surface area contributed by atoms with E-state index in [4.69, 9.17) is 4.74 Å². The molecule has 1 saturated heterocycles. The number of halogens is 3. The van der Waals surface area contributed by atoms with Gasteiger partial charge in [-0.1, -0.05) is 36.4 Å². The fourth-order valence-electron chi connectivity index (χ4n) is 1.93. The number of carbonyl (C=O) groups excluding carboxylic acids is 1. The summed E-state index contributed by atoms with van der Waals surface area (Å²) in [7, 11) is 1.26. The van der Waals surface area contributed by atoms with Gasteiger partial charge in [-0.2, -0.15) is 24.9 Å². The Morgan fingerprint density at radius 3 is 2.00 bits per heavy atom. The van der Waals surface area contributed by atoms with E-state index in [0.717, 1.165) is 30.2 Å². The molecule has 0 unspecified atom stereocenters. The van der Waals surface area contributed by atoms with E-state index in [1.165, 1.54) is 7.05 Å². The lowest BCUT2D eigenvalue weighted by atomic mass is 10.3. The Balaban J connectivity index is 0.000000227. The first-order chi connectivity index (χ1) is 13.4. The Bertz CT molecular complexity index is 608. The molecule has 1 fully saturated rings. The third-order valence-corrected chi connectivity index (χ3v) is 4.16. The highest BCUT2D eigenvalue weighted by atomic mass is 32.2. The molecule has 0 bridgehead atoms. The Hall–Kier alpha value is -2.19. The average Bonchev–Trinajstić information content (AvgIpc) is 2.91. The van der Waals surface area contributed by atoms with Crippen molar-refractivity contribution in [1.29, 1.82) is 0 Å². The quantitative estimate of drug-likeness (QED) is 0.777. The van der Waals surface area contributed by atoms with Crippen molar-refractivity contribution < 1.29 is 22.7 Å². The zero-order valence-corrected chi connectivity index (χ0v) is 16.5. The lowest BCUT2D eigenvalue weighted by molar-refractivity contribution is -0.123. The smallest absolute Gasteiger partial charge is 0.401 e. The molecule has 0 radical (unpaired) electrons. The van der Waals surface area contributed by atoms with E-state index < -0.39 is 12.7 Å². The molecule has 1 aliphatic rings. The summed E-state index contributed by atoms with van der Waals surface area (Å²) in [6.45, 7) is -0.0428. The maximum absolute atomic E-state index is 11.0. The molecule has 28 heavy (non-hydrogen) atoms. The van der Waals surface area contributed by atoms with E-state index in [1.807, 2.05) is 66.0 Å². The molecular formula is C20H25F3N2O2S. The minimum absolute atomic E-state index is 0.188. The van der Waals surface area contributed by atoms with Crippen LogP contribution in [0.15, 0.2) is 60.7 Å². The molecule has 154 valence electrons. The van der Waals surface area contributed by atoms with Gasteiger partial charge in [0.25, 0.3) is 0 Å². The van der Waals surface area contributed by atoms with Gasteiger partial charge in [0.2, 0.25) is 5.91 Å². The summed E-state index contributed by atoms with van der Waals surface area (Å²) in [6.07, 6.45) is -2.94. The summed E-state index contributed by atoms with van der Waals surface area (Å²) in [4.78, 5) is 10.6. The van der Waals surface area contributed by atoms with Crippen LogP contribution in [0.1, 0.15) is 6.42 Å². The first-order valence-electron chi connectivity index (χ1n) is 8.74. The molecule has 0 aliphatic carbocycles. The van der Waals surface area contributed by atoms with Crippen molar-refractivity contribution in [2.75, 3.05) is 31.6 Å². The molecule has 3 rings (SSSR count). The number of carbonyl (C=O) groups is 1. The number of nitrogens with one attached hydrogen (secondary N) is 2. The minimum Gasteiger partial charge on any atom is -0.457 e. The van der Waals surface area contributed by atoms with Gasteiger partial charge in [0.1, 0.15) is 11.5 Å². The molecule has 2 aromatic carbocycles. The van der Waals surface area contributed by atoms with Crippen LogP contribution in [-0.2, 0) is 4.79 Å². The van der Waals surface area contributed by atoms with Crippen LogP contribution in [0.4, 0.5) is 13.2 Å². The van der Waals surface area contributed by atoms with Gasteiger partial charge in [-0.15, -0.1) is 0 Å². The molecule has 0 aromatic heterocycles. The number of hydrogen-bond donors (Lipinski definition) is 2. The van der Waals surface area contributed by atoms with Crippen LogP contribution in [0.25, 0.3) is 0 Å². The molecule has 4 nitrogen and oxygen atoms in total. The van der Waals surface area contributed by atoms with Gasteiger partial charge < -0.3 is 15.4 Å². The van der Waals surface area contributed by atoms with Crippen LogP contribution in [0, 0.1) is 0 Å². The van der Waals surface area contributed by atoms with E-state index >= 15 is 0 Å². The van der Waals surface area contributed by atoms with Crippen LogP contribution >= 0.6 is 11.8 Å². The molecular weight excluding hydrogens is 389 g/mol. The number of benzene rings is 2. The van der Waals surface area contributed by atoms with Crippen LogP contribution in [0.5, 0.6) is 11.5 Å². The summed E-state index contributed by atoms with van der Waals surface area (Å²) >= 11 is 1.71. The lowest BCUT2D eigenvalue weighted by Gasteiger charge is -2.03. The van der Waals surface area contributed by atoms with E-state index in [1.54, 1.807) is 11.8 Å². The third kappa shape index (κ3) is 13.1. The topological polar surface area (TPSA) is 50.4 Å². The lowest BCUT2D eigenvalue weighted by Crippen LogP contribution is -2.25. The van der Waals surface area contributed by atoms with Gasteiger partial charge >= 0.3 is 6.18 Å². The third-order valence-electron chi connectivity index (χ3n) is 3.12. The van der Waals surface area contributed by atoms with Crippen LogP contribution in [0.2, 0.25) is 0 Å². The second kappa shape index (κ2) is 13.9. The summed E-state index contributed by atoms with van der Waals surface area (Å²) in [5.41, 5.74) is 0. The second-order valence-electron chi connectivity index (χ2n) is 5.63. The molecule has 0 saturated carbocycles. The van der Waals surface area contributed by atoms with Crippen molar-refractivity contribution in [3.63, 3.8) is 0 Å². The molecule has 2 N–H and O–H groups in total. The Morgan fingerprint density at radius 1 is 1.04 bits per heavy atom. The van der Waals surface area contributed by atoms with Gasteiger partial charge in [0.15, 0.2) is 0 Å². The number of rotatable bonds is 3. The number of alkyl halides is 3. The molecule has 2 aromatic rings. The molecule has 8 heteroatoms. The largest absolute Gasteiger partial charge is 0.457 e. The van der Waals surface area contributed by atoms with Gasteiger partial charge in [-0.25, -0.2) is 0 Å². The number of para-hydroxylation sites is 2. The fourth-order valence-corrected chi connectivity index (χ4v) is 2.71. The van der Waals surface area contributed by atoms with Crippen molar-refractivity contribution in [2.24, 2.45) is 0 Å². The fraction of sp³-hybridized carbons (Fsp3) is 0.350. The first kappa shape index (κ1) is 23.8. The zero-order valence-electron chi connectivity index (χ0n) is 15.7. The van der Waals surface area contributed by atoms with E-state index in [0.29, 0.717) is 5.75 Å².